The summed E-state index contributed by atoms with van der Waals surface area (Å²) in [5.74, 6) is -1.46. The van der Waals surface area contributed by atoms with Gasteiger partial charge in [-0.05, 0) is 23.8 Å². The molecule has 0 saturated carbocycles. The fourth-order valence-electron chi connectivity index (χ4n) is 3.77. The number of fused-ring (bicyclic) bond motifs is 2. The summed E-state index contributed by atoms with van der Waals surface area (Å²) in [6, 6.07) is 8.97. The number of carbonyl (C=O) groups is 2. The summed E-state index contributed by atoms with van der Waals surface area (Å²) in [7, 11) is 1.38. The van der Waals surface area contributed by atoms with Crippen LogP contribution in [0.4, 0.5) is 13.2 Å². The molecule has 4 rings (SSSR count). The molecule has 10 heteroatoms. The summed E-state index contributed by atoms with van der Waals surface area (Å²) in [4.78, 5) is 30.4. The zero-order chi connectivity index (χ0) is 22.3. The number of hydrogen-bond acceptors (Lipinski definition) is 6. The third kappa shape index (κ3) is 3.54. The van der Waals surface area contributed by atoms with Gasteiger partial charge in [-0.1, -0.05) is 42.1 Å². The zero-order valence-electron chi connectivity index (χ0n) is 16.5. The number of rotatable bonds is 4. The highest BCUT2D eigenvalue weighted by molar-refractivity contribution is 8.15. The Morgan fingerprint density at radius 1 is 1.26 bits per heavy atom. The van der Waals surface area contributed by atoms with Gasteiger partial charge in [-0.25, -0.2) is 9.79 Å². The van der Waals surface area contributed by atoms with Gasteiger partial charge in [0.1, 0.15) is 11.8 Å². The van der Waals surface area contributed by atoms with Crippen molar-refractivity contribution in [3.05, 3.63) is 53.2 Å². The molecule has 2 aromatic rings. The van der Waals surface area contributed by atoms with Crippen LogP contribution in [0.3, 0.4) is 0 Å². The smallest absolute Gasteiger partial charge is 0.434 e. The highest BCUT2D eigenvalue weighted by Gasteiger charge is 2.51. The lowest BCUT2D eigenvalue weighted by Crippen LogP contribution is -2.41. The van der Waals surface area contributed by atoms with E-state index in [1.807, 2.05) is 0 Å². The summed E-state index contributed by atoms with van der Waals surface area (Å²) >= 11 is 0.898. The van der Waals surface area contributed by atoms with Crippen molar-refractivity contribution < 1.29 is 32.2 Å². The van der Waals surface area contributed by atoms with Crippen molar-refractivity contribution in [2.75, 3.05) is 19.5 Å². The van der Waals surface area contributed by atoms with Crippen LogP contribution in [0.1, 0.15) is 18.5 Å². The van der Waals surface area contributed by atoms with Crippen LogP contribution < -0.4 is 4.74 Å². The van der Waals surface area contributed by atoms with Gasteiger partial charge < -0.3 is 9.47 Å². The molecular weight excluding hydrogens is 433 g/mol. The number of allylic oxidation sites excluding steroid dienone is 1. The second-order valence-corrected chi connectivity index (χ2v) is 7.67. The van der Waals surface area contributed by atoms with Crippen LogP contribution in [-0.2, 0) is 14.3 Å². The third-order valence-corrected chi connectivity index (χ3v) is 5.92. The van der Waals surface area contributed by atoms with Crippen LogP contribution in [0, 0.1) is 0 Å². The summed E-state index contributed by atoms with van der Waals surface area (Å²) in [6.07, 6.45) is -4.93. The molecule has 1 unspecified atom stereocenters. The number of amidine groups is 1. The highest BCUT2D eigenvalue weighted by atomic mass is 32.2. The first-order valence-electron chi connectivity index (χ1n) is 9.35. The average molecular weight is 450 g/mol. The molecule has 2 aliphatic rings. The van der Waals surface area contributed by atoms with E-state index in [2.05, 4.69) is 4.99 Å². The van der Waals surface area contributed by atoms with E-state index in [4.69, 9.17) is 9.47 Å². The molecule has 0 N–H and O–H groups in total. The molecule has 2 aliphatic heterocycles. The third-order valence-electron chi connectivity index (χ3n) is 4.98. The molecule has 0 bridgehead atoms. The number of aliphatic imine (C=N–C) groups is 1. The molecule has 1 amide bonds. The van der Waals surface area contributed by atoms with Gasteiger partial charge in [0.05, 0.1) is 25.0 Å². The van der Waals surface area contributed by atoms with Crippen molar-refractivity contribution in [2.24, 2.45) is 4.99 Å². The van der Waals surface area contributed by atoms with Gasteiger partial charge in [0.25, 0.3) is 0 Å². The molecule has 6 nitrogen and oxygen atoms in total. The lowest BCUT2D eigenvalue weighted by Gasteiger charge is -2.35. The molecule has 1 fully saturated rings. The molecule has 1 saturated heterocycles. The van der Waals surface area contributed by atoms with E-state index in [0.29, 0.717) is 5.39 Å². The number of amides is 1. The van der Waals surface area contributed by atoms with Crippen molar-refractivity contribution in [1.82, 2.24) is 4.90 Å². The lowest BCUT2D eigenvalue weighted by molar-refractivity contribution is -0.141. The number of benzene rings is 2. The van der Waals surface area contributed by atoms with Gasteiger partial charge in [-0.15, -0.1) is 0 Å². The Morgan fingerprint density at radius 2 is 2.00 bits per heavy atom. The fraction of sp³-hybridized carbons (Fsp3) is 0.286. The Morgan fingerprint density at radius 3 is 2.68 bits per heavy atom. The van der Waals surface area contributed by atoms with E-state index in [1.165, 1.54) is 14.0 Å². The number of methoxy groups -OCH3 is 1. The topological polar surface area (TPSA) is 68.2 Å². The number of esters is 1. The Balaban J connectivity index is 2.10. The normalized spacial score (nSPS) is 18.9. The maximum absolute atomic E-state index is 14.0. The molecule has 0 radical (unpaired) electrons. The van der Waals surface area contributed by atoms with Gasteiger partial charge in [0.2, 0.25) is 5.91 Å². The van der Waals surface area contributed by atoms with Crippen LogP contribution in [0.25, 0.3) is 10.8 Å². The number of hydrogen-bond donors (Lipinski definition) is 0. The zero-order valence-corrected chi connectivity index (χ0v) is 17.3. The van der Waals surface area contributed by atoms with Gasteiger partial charge in [-0.2, -0.15) is 13.2 Å². The van der Waals surface area contributed by atoms with Crippen LogP contribution in [0.5, 0.6) is 5.75 Å². The molecule has 0 spiro atoms. The van der Waals surface area contributed by atoms with Crippen molar-refractivity contribution in [2.45, 2.75) is 19.1 Å². The molecular formula is C21H17F3N2O4S. The van der Waals surface area contributed by atoms with Crippen LogP contribution in [0.15, 0.2) is 52.7 Å². The largest absolute Gasteiger partial charge is 0.496 e. The number of carbonyl (C=O) groups excluding carboxylic acids is 2. The number of alkyl halides is 3. The summed E-state index contributed by atoms with van der Waals surface area (Å²) in [5, 5.41) is 1.17. The predicted octanol–water partition coefficient (Wildman–Crippen LogP) is 4.21. The van der Waals surface area contributed by atoms with Gasteiger partial charge >= 0.3 is 12.1 Å². The van der Waals surface area contributed by atoms with E-state index in [9.17, 15) is 22.8 Å². The first-order valence-corrected chi connectivity index (χ1v) is 10.3. The van der Waals surface area contributed by atoms with Crippen molar-refractivity contribution in [1.29, 1.82) is 0 Å². The predicted molar refractivity (Wildman–Crippen MR) is 110 cm³/mol. The molecule has 2 aromatic carbocycles. The number of halogens is 3. The molecule has 0 aliphatic carbocycles. The van der Waals surface area contributed by atoms with Crippen molar-refractivity contribution in [3.63, 3.8) is 0 Å². The molecule has 1 atom stereocenters. The maximum atomic E-state index is 14.0. The van der Waals surface area contributed by atoms with Crippen molar-refractivity contribution in [3.8, 4) is 5.75 Å². The molecule has 0 aromatic heterocycles. The number of thioether (sulfide) groups is 1. The quantitative estimate of drug-likeness (QED) is 0.653. The number of ether oxygens (including phenoxy) is 2. The average Bonchev–Trinajstić information content (AvgIpc) is 3.12. The maximum Gasteiger partial charge on any atom is 0.434 e. The first-order chi connectivity index (χ1) is 14.8. The molecule has 2 heterocycles. The Kier molecular flexibility index (Phi) is 5.42. The summed E-state index contributed by atoms with van der Waals surface area (Å²) < 4.78 is 52.5. The summed E-state index contributed by atoms with van der Waals surface area (Å²) in [6.45, 7) is 1.36. The van der Waals surface area contributed by atoms with Crippen LogP contribution >= 0.6 is 11.8 Å². The fourth-order valence-corrected chi connectivity index (χ4v) is 4.66. The number of nitrogens with zero attached hydrogens (tertiary/aromatic N) is 2. The lowest BCUT2D eigenvalue weighted by atomic mass is 9.89. The minimum atomic E-state index is -4.93. The second-order valence-electron chi connectivity index (χ2n) is 6.73. The standard InChI is InChI=1S/C21H17F3N2O4S/c1-3-30-19(28)16-17(15-12-7-5-4-6-11(12)8-9-13(15)29-2)26-14(27)10-31-20(26)25-18(16)21(22,23)24/h4-9,17H,3,10H2,1-2H3. The van der Waals surface area contributed by atoms with Gasteiger partial charge in [-0.3, -0.25) is 9.69 Å². The van der Waals surface area contributed by atoms with Crippen LogP contribution in [0.2, 0.25) is 0 Å². The Bertz CT molecular complexity index is 1140. The van der Waals surface area contributed by atoms with Gasteiger partial charge in [0.15, 0.2) is 10.9 Å². The highest BCUT2D eigenvalue weighted by Crippen LogP contribution is 2.49. The monoisotopic (exact) mass is 450 g/mol. The Hall–Kier alpha value is -3.01. The minimum Gasteiger partial charge on any atom is -0.496 e. The summed E-state index contributed by atoms with van der Waals surface area (Å²) in [5.41, 5.74) is -1.82. The van der Waals surface area contributed by atoms with E-state index in [0.717, 1.165) is 22.0 Å². The van der Waals surface area contributed by atoms with E-state index >= 15 is 0 Å². The van der Waals surface area contributed by atoms with E-state index < -0.39 is 35.4 Å². The second kappa shape index (κ2) is 7.92. The molecule has 162 valence electrons. The Labute approximate surface area is 179 Å². The van der Waals surface area contributed by atoms with Crippen LogP contribution in [-0.4, -0.2) is 47.6 Å². The van der Waals surface area contributed by atoms with Crippen molar-refractivity contribution >= 4 is 39.6 Å². The minimum absolute atomic E-state index is 0.0797. The van der Waals surface area contributed by atoms with E-state index in [-0.39, 0.29) is 28.8 Å². The van der Waals surface area contributed by atoms with Gasteiger partial charge in [0, 0.05) is 5.56 Å². The van der Waals surface area contributed by atoms with E-state index in [1.54, 1.807) is 36.4 Å². The SMILES string of the molecule is CCOC(=O)C1=C(C(F)(F)F)N=C2SCC(=O)N2C1c1c(OC)ccc2ccccc12. The first kappa shape index (κ1) is 21.2. The molecule has 31 heavy (non-hydrogen) atoms.